The topological polar surface area (TPSA) is 127 Å². The molecule has 2 aromatic carbocycles. The van der Waals surface area contributed by atoms with E-state index in [1.165, 1.54) is 24.5 Å². The molecule has 3 aromatic rings. The second-order valence-electron chi connectivity index (χ2n) is 6.01. The van der Waals surface area contributed by atoms with Gasteiger partial charge in [0.25, 0.3) is 5.69 Å². The van der Waals surface area contributed by atoms with Crippen molar-refractivity contribution in [1.29, 1.82) is 0 Å². The first-order valence-corrected chi connectivity index (χ1v) is 10.0. The van der Waals surface area contributed by atoms with E-state index in [1.54, 1.807) is 49.4 Å². The lowest BCUT2D eigenvalue weighted by Crippen LogP contribution is -2.23. The third-order valence-corrected chi connectivity index (χ3v) is 5.46. The highest BCUT2D eigenvalue weighted by atomic mass is 32.2. The smallest absolute Gasteiger partial charge is 0.294 e. The monoisotopic (exact) mass is 414 g/mol. The van der Waals surface area contributed by atoms with Crippen LogP contribution in [0.5, 0.6) is 0 Å². The lowest BCUT2D eigenvalue weighted by Gasteiger charge is -2.07. The van der Waals surface area contributed by atoms with Gasteiger partial charge in [0, 0.05) is 6.07 Å². The first-order chi connectivity index (χ1) is 13.9. The highest BCUT2D eigenvalue weighted by molar-refractivity contribution is 7.89. The number of rotatable bonds is 8. The lowest BCUT2D eigenvalue weighted by atomic mass is 10.1. The van der Waals surface area contributed by atoms with Crippen LogP contribution in [0.15, 0.2) is 81.3 Å². The van der Waals surface area contributed by atoms with Crippen molar-refractivity contribution in [3.8, 4) is 0 Å². The fourth-order valence-corrected chi connectivity index (χ4v) is 3.47. The van der Waals surface area contributed by atoms with Crippen molar-refractivity contribution in [1.82, 2.24) is 4.72 Å². The summed E-state index contributed by atoms with van der Waals surface area (Å²) >= 11 is 0. The van der Waals surface area contributed by atoms with E-state index in [-0.39, 0.29) is 22.8 Å². The Balaban J connectivity index is 1.70. The maximum absolute atomic E-state index is 12.4. The standard InChI is InChI=1S/C19H18N4O5S/c1-14(21-22-18-6-2-3-7-19(18)23(24)25)15-8-10-17(11-9-15)29(26,27)20-13-16-5-4-12-28-16/h2-12,20,22H,13H2,1H3. The van der Waals surface area contributed by atoms with Crippen LogP contribution in [0.25, 0.3) is 0 Å². The molecule has 0 atom stereocenters. The van der Waals surface area contributed by atoms with Gasteiger partial charge in [-0.2, -0.15) is 5.10 Å². The Hall–Kier alpha value is -3.50. The molecule has 0 radical (unpaired) electrons. The molecule has 0 saturated carbocycles. The van der Waals surface area contributed by atoms with Crippen molar-refractivity contribution in [3.63, 3.8) is 0 Å². The number of benzene rings is 2. The number of furan rings is 1. The molecule has 0 aliphatic heterocycles. The molecular formula is C19H18N4O5S. The van der Waals surface area contributed by atoms with Crippen LogP contribution < -0.4 is 10.1 Å². The van der Waals surface area contributed by atoms with Gasteiger partial charge in [0.1, 0.15) is 11.4 Å². The quantitative estimate of drug-likeness (QED) is 0.330. The number of nitro groups is 1. The van der Waals surface area contributed by atoms with E-state index >= 15 is 0 Å². The van der Waals surface area contributed by atoms with Crippen molar-refractivity contribution >= 4 is 27.1 Å². The average molecular weight is 414 g/mol. The van der Waals surface area contributed by atoms with E-state index in [0.29, 0.717) is 17.0 Å². The third-order valence-electron chi connectivity index (χ3n) is 4.04. The molecular weight excluding hydrogens is 396 g/mol. The SMILES string of the molecule is CC(=NNc1ccccc1[N+](=O)[O-])c1ccc(S(=O)(=O)NCc2ccco2)cc1. The number of anilines is 1. The van der Waals surface area contributed by atoms with Gasteiger partial charge < -0.3 is 4.42 Å². The number of hydrogen-bond acceptors (Lipinski definition) is 7. The number of hydrogen-bond donors (Lipinski definition) is 2. The lowest BCUT2D eigenvalue weighted by molar-refractivity contribution is -0.384. The van der Waals surface area contributed by atoms with Crippen molar-refractivity contribution in [2.24, 2.45) is 5.10 Å². The normalized spacial score (nSPS) is 12.0. The van der Waals surface area contributed by atoms with Gasteiger partial charge in [-0.1, -0.05) is 24.3 Å². The van der Waals surface area contributed by atoms with E-state index in [9.17, 15) is 18.5 Å². The van der Waals surface area contributed by atoms with Gasteiger partial charge >= 0.3 is 0 Å². The molecule has 9 nitrogen and oxygen atoms in total. The minimum absolute atomic E-state index is 0.0529. The summed E-state index contributed by atoms with van der Waals surface area (Å²) in [6.07, 6.45) is 1.47. The second kappa shape index (κ2) is 8.67. The molecule has 150 valence electrons. The summed E-state index contributed by atoms with van der Waals surface area (Å²) in [4.78, 5) is 10.7. The summed E-state index contributed by atoms with van der Waals surface area (Å²) in [7, 11) is -3.69. The highest BCUT2D eigenvalue weighted by Crippen LogP contribution is 2.23. The molecule has 10 heteroatoms. The van der Waals surface area contributed by atoms with E-state index in [4.69, 9.17) is 4.42 Å². The van der Waals surface area contributed by atoms with E-state index in [1.807, 2.05) is 0 Å². The molecule has 1 heterocycles. The Morgan fingerprint density at radius 1 is 1.10 bits per heavy atom. The van der Waals surface area contributed by atoms with Crippen molar-refractivity contribution in [2.45, 2.75) is 18.4 Å². The Bertz CT molecular complexity index is 1120. The number of nitrogens with zero attached hydrogens (tertiary/aromatic N) is 2. The maximum Gasteiger partial charge on any atom is 0.294 e. The molecule has 0 spiro atoms. The first kappa shape index (κ1) is 20.2. The van der Waals surface area contributed by atoms with E-state index < -0.39 is 14.9 Å². The second-order valence-corrected chi connectivity index (χ2v) is 7.78. The number of nitrogens with one attached hydrogen (secondary N) is 2. The number of hydrazone groups is 1. The van der Waals surface area contributed by atoms with Crippen molar-refractivity contribution in [2.75, 3.05) is 5.43 Å². The van der Waals surface area contributed by atoms with Crippen LogP contribution in [0, 0.1) is 10.1 Å². The fourth-order valence-electron chi connectivity index (χ4n) is 2.47. The zero-order chi connectivity index (χ0) is 20.9. The molecule has 29 heavy (non-hydrogen) atoms. The fraction of sp³-hybridized carbons (Fsp3) is 0.105. The zero-order valence-corrected chi connectivity index (χ0v) is 16.2. The van der Waals surface area contributed by atoms with Gasteiger partial charge in [0.05, 0.1) is 28.3 Å². The Morgan fingerprint density at radius 2 is 1.83 bits per heavy atom. The highest BCUT2D eigenvalue weighted by Gasteiger charge is 2.15. The summed E-state index contributed by atoms with van der Waals surface area (Å²) in [6.45, 7) is 1.76. The van der Waals surface area contributed by atoms with Crippen LogP contribution in [-0.2, 0) is 16.6 Å². The minimum Gasteiger partial charge on any atom is -0.468 e. The summed E-state index contributed by atoms with van der Waals surface area (Å²) < 4.78 is 32.3. The van der Waals surface area contributed by atoms with Gasteiger partial charge in [-0.15, -0.1) is 0 Å². The Morgan fingerprint density at radius 3 is 2.48 bits per heavy atom. The van der Waals surface area contributed by atoms with Crippen LogP contribution in [0.3, 0.4) is 0 Å². The molecule has 0 aliphatic carbocycles. The predicted molar refractivity (Wildman–Crippen MR) is 108 cm³/mol. The van der Waals surface area contributed by atoms with E-state index in [0.717, 1.165) is 0 Å². The molecule has 0 unspecified atom stereocenters. The number of nitro benzene ring substituents is 1. The maximum atomic E-state index is 12.4. The molecule has 1 aromatic heterocycles. The molecule has 0 amide bonds. The minimum atomic E-state index is -3.69. The molecule has 3 rings (SSSR count). The van der Waals surface area contributed by atoms with Gasteiger partial charge in [-0.25, -0.2) is 13.1 Å². The van der Waals surface area contributed by atoms with Crippen LogP contribution in [-0.4, -0.2) is 19.1 Å². The molecule has 0 bridgehead atoms. The molecule has 2 N–H and O–H groups in total. The number of sulfonamides is 1. The van der Waals surface area contributed by atoms with Crippen molar-refractivity contribution in [3.05, 3.63) is 88.4 Å². The van der Waals surface area contributed by atoms with Crippen LogP contribution in [0.4, 0.5) is 11.4 Å². The summed E-state index contributed by atoms with van der Waals surface area (Å²) in [6, 6.07) is 15.7. The van der Waals surface area contributed by atoms with Gasteiger partial charge in [-0.05, 0) is 42.8 Å². The first-order valence-electron chi connectivity index (χ1n) is 8.53. The van der Waals surface area contributed by atoms with E-state index in [2.05, 4.69) is 15.2 Å². The van der Waals surface area contributed by atoms with Crippen LogP contribution in [0.2, 0.25) is 0 Å². The van der Waals surface area contributed by atoms with Gasteiger partial charge in [0.2, 0.25) is 10.0 Å². The summed E-state index contributed by atoms with van der Waals surface area (Å²) in [5, 5.41) is 15.2. The predicted octanol–water partition coefficient (Wildman–Crippen LogP) is 3.50. The Kier molecular flexibility index (Phi) is 6.05. The summed E-state index contributed by atoms with van der Waals surface area (Å²) in [5.74, 6) is 0.509. The summed E-state index contributed by atoms with van der Waals surface area (Å²) in [5.41, 5.74) is 4.06. The zero-order valence-electron chi connectivity index (χ0n) is 15.4. The molecule has 0 saturated heterocycles. The van der Waals surface area contributed by atoms with Gasteiger partial charge in [-0.3, -0.25) is 15.5 Å². The third kappa shape index (κ3) is 5.06. The average Bonchev–Trinajstić information content (AvgIpc) is 3.24. The molecule has 0 fully saturated rings. The molecule has 0 aliphatic rings. The van der Waals surface area contributed by atoms with Crippen LogP contribution in [0.1, 0.15) is 18.2 Å². The van der Waals surface area contributed by atoms with Crippen molar-refractivity contribution < 1.29 is 17.8 Å². The number of para-hydroxylation sites is 2. The Labute approximate surface area is 167 Å². The largest absolute Gasteiger partial charge is 0.468 e. The van der Waals surface area contributed by atoms with Gasteiger partial charge in [0.15, 0.2) is 0 Å². The van der Waals surface area contributed by atoms with Crippen LogP contribution >= 0.6 is 0 Å².